The molecule has 21 heavy (non-hydrogen) atoms. The lowest BCUT2D eigenvalue weighted by molar-refractivity contribution is -0.139. The first-order valence-corrected chi connectivity index (χ1v) is 6.42. The van der Waals surface area contributed by atoms with Gasteiger partial charge in [-0.2, -0.15) is 13.2 Å². The Morgan fingerprint density at radius 1 is 1.29 bits per heavy atom. The normalized spacial score (nSPS) is 16.0. The van der Waals surface area contributed by atoms with E-state index in [-0.39, 0.29) is 11.3 Å². The summed E-state index contributed by atoms with van der Waals surface area (Å²) < 4.78 is 53.9. The quantitative estimate of drug-likeness (QED) is 0.885. The molecule has 3 rings (SSSR count). The van der Waals surface area contributed by atoms with E-state index in [1.165, 1.54) is 23.0 Å². The molecule has 8 heteroatoms. The number of nitrogens with one attached hydrogen (secondary N) is 1. The van der Waals surface area contributed by atoms with Crippen LogP contribution in [0.25, 0.3) is 11.3 Å². The maximum absolute atomic E-state index is 13.5. The zero-order valence-corrected chi connectivity index (χ0v) is 10.9. The van der Waals surface area contributed by atoms with Crippen LogP contribution in [0, 0.1) is 11.7 Å². The van der Waals surface area contributed by atoms with Gasteiger partial charge in [-0.15, -0.1) is 5.10 Å². The summed E-state index contributed by atoms with van der Waals surface area (Å²) in [5.41, 5.74) is -1.57. The van der Waals surface area contributed by atoms with E-state index in [1.54, 1.807) is 0 Å². The van der Waals surface area contributed by atoms with E-state index in [2.05, 4.69) is 15.6 Å². The van der Waals surface area contributed by atoms with Crippen LogP contribution in [0.5, 0.6) is 0 Å². The van der Waals surface area contributed by atoms with Crippen LogP contribution in [0.3, 0.4) is 0 Å². The highest BCUT2D eigenvalue weighted by Crippen LogP contribution is 2.38. The predicted octanol–water partition coefficient (Wildman–Crippen LogP) is 2.32. The van der Waals surface area contributed by atoms with Gasteiger partial charge in [0.25, 0.3) is 0 Å². The molecule has 112 valence electrons. The fourth-order valence-electron chi connectivity index (χ4n) is 2.28. The first kappa shape index (κ1) is 14.0. The summed E-state index contributed by atoms with van der Waals surface area (Å²) in [7, 11) is 0. The summed E-state index contributed by atoms with van der Waals surface area (Å²) in [4.78, 5) is 0. The van der Waals surface area contributed by atoms with Crippen LogP contribution in [0.1, 0.15) is 5.56 Å². The largest absolute Gasteiger partial charge is 0.419 e. The van der Waals surface area contributed by atoms with Crippen molar-refractivity contribution in [3.05, 3.63) is 35.8 Å². The summed E-state index contributed by atoms with van der Waals surface area (Å²) in [5.74, 6) is -0.910. The van der Waals surface area contributed by atoms with Gasteiger partial charge < -0.3 is 5.32 Å². The van der Waals surface area contributed by atoms with Gasteiger partial charge >= 0.3 is 6.18 Å². The fraction of sp³-hybridized carbons (Fsp3) is 0.385. The zero-order chi connectivity index (χ0) is 15.0. The molecule has 1 N–H and O–H groups in total. The summed E-state index contributed by atoms with van der Waals surface area (Å²) >= 11 is 0. The second-order valence-corrected chi connectivity index (χ2v) is 5.01. The molecule has 0 atom stereocenters. The molecule has 0 radical (unpaired) electrons. The average molecular weight is 300 g/mol. The molecular formula is C13H12F4N4. The van der Waals surface area contributed by atoms with Crippen LogP contribution in [0.2, 0.25) is 0 Å². The van der Waals surface area contributed by atoms with Crippen LogP contribution in [-0.4, -0.2) is 28.1 Å². The smallest absolute Gasteiger partial charge is 0.316 e. The van der Waals surface area contributed by atoms with Gasteiger partial charge in [0.2, 0.25) is 0 Å². The molecule has 0 unspecified atom stereocenters. The molecule has 1 aliphatic heterocycles. The van der Waals surface area contributed by atoms with Crippen molar-refractivity contribution in [3.63, 3.8) is 0 Å². The van der Waals surface area contributed by atoms with E-state index in [0.717, 1.165) is 19.2 Å². The molecule has 1 aromatic carbocycles. The highest BCUT2D eigenvalue weighted by molar-refractivity contribution is 5.63. The molecule has 0 bridgehead atoms. The third kappa shape index (κ3) is 2.76. The molecule has 1 aliphatic rings. The number of rotatable bonds is 3. The average Bonchev–Trinajstić information content (AvgIpc) is 2.80. The van der Waals surface area contributed by atoms with Gasteiger partial charge in [-0.3, -0.25) is 4.68 Å². The standard InChI is InChI=1S/C13H12F4N4/c14-10-3-1-2-9(12(10)13(15,16)17)11-7-21(20-19-11)6-8-4-18-5-8/h1-3,7-8,18H,4-6H2. The van der Waals surface area contributed by atoms with Crippen LogP contribution >= 0.6 is 0 Å². The summed E-state index contributed by atoms with van der Waals surface area (Å²) in [6.45, 7) is 2.28. The zero-order valence-electron chi connectivity index (χ0n) is 10.9. The molecule has 1 fully saturated rings. The van der Waals surface area contributed by atoms with Crippen molar-refractivity contribution in [3.8, 4) is 11.3 Å². The first-order valence-electron chi connectivity index (χ1n) is 6.42. The minimum atomic E-state index is -4.78. The lowest BCUT2D eigenvalue weighted by atomic mass is 10.0. The minimum Gasteiger partial charge on any atom is -0.316 e. The van der Waals surface area contributed by atoms with Crippen LogP contribution in [0.4, 0.5) is 17.6 Å². The fourth-order valence-corrected chi connectivity index (χ4v) is 2.28. The van der Waals surface area contributed by atoms with Crippen LogP contribution < -0.4 is 5.32 Å². The van der Waals surface area contributed by atoms with Crippen molar-refractivity contribution in [2.24, 2.45) is 5.92 Å². The van der Waals surface area contributed by atoms with E-state index >= 15 is 0 Å². The van der Waals surface area contributed by atoms with E-state index in [4.69, 9.17) is 0 Å². The molecule has 2 aromatic rings. The van der Waals surface area contributed by atoms with Gasteiger partial charge in [-0.05, 0) is 6.07 Å². The van der Waals surface area contributed by atoms with Crippen molar-refractivity contribution in [1.82, 2.24) is 20.3 Å². The predicted molar refractivity (Wildman–Crippen MR) is 66.8 cm³/mol. The first-order chi connectivity index (χ1) is 9.95. The van der Waals surface area contributed by atoms with Crippen LogP contribution in [0.15, 0.2) is 24.4 Å². The maximum atomic E-state index is 13.5. The van der Waals surface area contributed by atoms with Gasteiger partial charge in [0.15, 0.2) is 0 Å². The molecule has 4 nitrogen and oxygen atoms in total. The van der Waals surface area contributed by atoms with Gasteiger partial charge in [-0.25, -0.2) is 4.39 Å². The second kappa shape index (κ2) is 5.10. The van der Waals surface area contributed by atoms with Gasteiger partial charge in [0.1, 0.15) is 17.1 Å². The second-order valence-electron chi connectivity index (χ2n) is 5.01. The van der Waals surface area contributed by atoms with Crippen molar-refractivity contribution < 1.29 is 17.6 Å². The third-order valence-electron chi connectivity index (χ3n) is 3.42. The summed E-state index contributed by atoms with van der Waals surface area (Å²) in [5, 5.41) is 10.7. The molecule has 0 aliphatic carbocycles. The Morgan fingerprint density at radius 3 is 2.67 bits per heavy atom. The van der Waals surface area contributed by atoms with Gasteiger partial charge in [0, 0.05) is 31.1 Å². The Hall–Kier alpha value is -1.96. The SMILES string of the molecule is Fc1cccc(-c2cn(CC3CNC3)nn2)c1C(F)(F)F. The highest BCUT2D eigenvalue weighted by Gasteiger charge is 2.37. The number of hydrogen-bond acceptors (Lipinski definition) is 3. The van der Waals surface area contributed by atoms with Gasteiger partial charge in [-0.1, -0.05) is 17.3 Å². The van der Waals surface area contributed by atoms with Crippen molar-refractivity contribution in [2.45, 2.75) is 12.7 Å². The topological polar surface area (TPSA) is 42.7 Å². The Kier molecular flexibility index (Phi) is 3.40. The van der Waals surface area contributed by atoms with Gasteiger partial charge in [0.05, 0.1) is 6.20 Å². The van der Waals surface area contributed by atoms with Crippen molar-refractivity contribution in [2.75, 3.05) is 13.1 Å². The Bertz CT molecular complexity index is 646. The Balaban J connectivity index is 1.95. The summed E-state index contributed by atoms with van der Waals surface area (Å²) in [6.07, 6.45) is -3.36. The van der Waals surface area contributed by atoms with E-state index in [9.17, 15) is 17.6 Å². The number of alkyl halides is 3. The van der Waals surface area contributed by atoms with Crippen molar-refractivity contribution in [1.29, 1.82) is 0 Å². The van der Waals surface area contributed by atoms with Crippen LogP contribution in [-0.2, 0) is 12.7 Å². The third-order valence-corrected chi connectivity index (χ3v) is 3.42. The molecule has 1 aromatic heterocycles. The molecule has 1 saturated heterocycles. The number of benzene rings is 1. The van der Waals surface area contributed by atoms with Crippen molar-refractivity contribution >= 4 is 0 Å². The number of nitrogens with zero attached hydrogens (tertiary/aromatic N) is 3. The molecular weight excluding hydrogens is 288 g/mol. The lowest BCUT2D eigenvalue weighted by Crippen LogP contribution is -2.44. The van der Waals surface area contributed by atoms with E-state index < -0.39 is 17.6 Å². The van der Waals surface area contributed by atoms with E-state index in [0.29, 0.717) is 12.5 Å². The monoisotopic (exact) mass is 300 g/mol. The molecule has 0 amide bonds. The number of hydrogen-bond donors (Lipinski definition) is 1. The molecule has 2 heterocycles. The number of aromatic nitrogens is 3. The lowest BCUT2D eigenvalue weighted by Gasteiger charge is -2.26. The highest BCUT2D eigenvalue weighted by atomic mass is 19.4. The summed E-state index contributed by atoms with van der Waals surface area (Å²) in [6, 6.07) is 3.22. The molecule has 0 spiro atoms. The minimum absolute atomic E-state index is 0.0223. The maximum Gasteiger partial charge on any atom is 0.419 e. The Labute approximate surface area is 117 Å². The molecule has 0 saturated carbocycles. The van der Waals surface area contributed by atoms with E-state index in [1.807, 2.05) is 0 Å². The number of halogens is 4. The Morgan fingerprint density at radius 2 is 2.05 bits per heavy atom.